The second kappa shape index (κ2) is 14.7. The highest BCUT2D eigenvalue weighted by Crippen LogP contribution is 2.17. The van der Waals surface area contributed by atoms with Crippen molar-refractivity contribution < 1.29 is 30.8 Å². The lowest BCUT2D eigenvalue weighted by Gasteiger charge is -2.24. The van der Waals surface area contributed by atoms with Crippen molar-refractivity contribution >= 4 is 30.7 Å². The van der Waals surface area contributed by atoms with Crippen molar-refractivity contribution in [2.24, 2.45) is 7.05 Å². The Labute approximate surface area is 186 Å². The summed E-state index contributed by atoms with van der Waals surface area (Å²) in [5, 5.41) is 0. The number of nitrogens with zero attached hydrogens (tertiary/aromatic N) is 2. The van der Waals surface area contributed by atoms with E-state index in [1.54, 1.807) is 27.4 Å². The predicted octanol–water partition coefficient (Wildman–Crippen LogP) is 2.54. The Bertz CT molecular complexity index is 790. The van der Waals surface area contributed by atoms with Gasteiger partial charge in [-0.1, -0.05) is 25.6 Å². The Hall–Kier alpha value is -1.21. The number of benzene rings is 1. The predicted molar refractivity (Wildman–Crippen MR) is 120 cm³/mol. The Morgan fingerprint density at radius 2 is 1.70 bits per heavy atom. The van der Waals surface area contributed by atoms with Gasteiger partial charge in [-0.2, -0.15) is 11.8 Å². The zero-order valence-corrected chi connectivity index (χ0v) is 19.9. The number of aryl methyl sites for hydroxylation is 2. The van der Waals surface area contributed by atoms with Gasteiger partial charge in [-0.05, 0) is 24.3 Å². The summed E-state index contributed by atoms with van der Waals surface area (Å²) in [6.45, 7) is 1.05. The highest BCUT2D eigenvalue weighted by atomic mass is 32.2. The monoisotopic (exact) mass is 478 g/mol. The molecule has 11 heteroatoms. The third-order valence-electron chi connectivity index (χ3n) is 4.05. The lowest BCUT2D eigenvalue weighted by molar-refractivity contribution is -0.671. The van der Waals surface area contributed by atoms with Crippen molar-refractivity contribution in [2.45, 2.75) is 31.3 Å². The Balaban J connectivity index is 0.000000646. The number of hydrogen-bond acceptors (Lipinski definition) is 7. The fraction of sp³-hybridized carbons (Fsp3) is 0.526. The molecule has 0 atom stereocenters. The summed E-state index contributed by atoms with van der Waals surface area (Å²) in [4.78, 5) is -0.185. The van der Waals surface area contributed by atoms with Gasteiger partial charge in [0.2, 0.25) is 6.33 Å². The molecule has 0 aliphatic rings. The minimum atomic E-state index is -4.25. The fourth-order valence-corrected chi connectivity index (χ4v) is 5.80. The Kier molecular flexibility index (Phi) is 14.1. The van der Waals surface area contributed by atoms with Crippen LogP contribution in [0, 0.1) is 0 Å². The Morgan fingerprint density at radius 1 is 1.10 bits per heavy atom. The van der Waals surface area contributed by atoms with Gasteiger partial charge in [0.1, 0.15) is 22.5 Å². The van der Waals surface area contributed by atoms with E-state index in [1.807, 2.05) is 18.8 Å². The summed E-state index contributed by atoms with van der Waals surface area (Å²) >= 11 is 1.95. The third-order valence-corrected chi connectivity index (χ3v) is 8.78. The molecule has 1 aromatic heterocycles. The molecule has 0 amide bonds. The quantitative estimate of drug-likeness (QED) is 0.212. The largest absolute Gasteiger partial charge is 0.744 e. The van der Waals surface area contributed by atoms with Crippen LogP contribution in [-0.2, 0) is 37.0 Å². The van der Waals surface area contributed by atoms with E-state index < -0.39 is 18.9 Å². The van der Waals surface area contributed by atoms with Gasteiger partial charge >= 0.3 is 8.80 Å². The molecule has 0 fully saturated rings. The lowest BCUT2D eigenvalue weighted by Crippen LogP contribution is -2.42. The van der Waals surface area contributed by atoms with Gasteiger partial charge in [-0.3, -0.25) is 0 Å². The van der Waals surface area contributed by atoms with Gasteiger partial charge < -0.3 is 17.8 Å². The fourth-order valence-electron chi connectivity index (χ4n) is 2.44. The molecule has 0 radical (unpaired) electrons. The molecule has 0 unspecified atom stereocenters. The van der Waals surface area contributed by atoms with Crippen LogP contribution in [0.1, 0.15) is 13.8 Å². The van der Waals surface area contributed by atoms with Gasteiger partial charge in [-0.15, -0.1) is 0 Å². The maximum atomic E-state index is 10.3. The molecule has 0 bridgehead atoms. The Morgan fingerprint density at radius 3 is 2.13 bits per heavy atom. The van der Waals surface area contributed by atoms with Crippen molar-refractivity contribution in [3.05, 3.63) is 49.1 Å². The molecule has 0 saturated heterocycles. The van der Waals surface area contributed by atoms with E-state index in [0.717, 1.165) is 30.5 Å². The van der Waals surface area contributed by atoms with Crippen LogP contribution in [0.2, 0.25) is 6.04 Å². The van der Waals surface area contributed by atoms with E-state index in [1.165, 1.54) is 24.3 Å². The summed E-state index contributed by atoms with van der Waals surface area (Å²) in [6.07, 6.45) is 7.31. The van der Waals surface area contributed by atoms with Crippen LogP contribution in [0.4, 0.5) is 0 Å². The second-order valence-electron chi connectivity index (χ2n) is 6.10. The van der Waals surface area contributed by atoms with Crippen molar-refractivity contribution in [3.63, 3.8) is 0 Å². The minimum absolute atomic E-state index is 0. The molecule has 1 aromatic carbocycles. The number of thioether (sulfide) groups is 1. The van der Waals surface area contributed by atoms with E-state index >= 15 is 0 Å². The van der Waals surface area contributed by atoms with E-state index in [-0.39, 0.29) is 12.3 Å². The highest BCUT2D eigenvalue weighted by molar-refractivity contribution is 7.99. The van der Waals surface area contributed by atoms with Gasteiger partial charge in [0, 0.05) is 33.1 Å². The standard InChI is InChI=1S/C12H25N2O3SSi.C6H6O3S.CH4/c1-13-6-7-14(12-13)8-10-18-9-5-11-19(15-2,16-3)17-4;7-10(8,9)6-4-2-1-3-5-6;/h6-7,12H,5,8-11H2,1-4H3;1-5H,(H,7,8,9);1H4/q+1;;/p-1. The van der Waals surface area contributed by atoms with Gasteiger partial charge in [0.25, 0.3) is 0 Å². The summed E-state index contributed by atoms with van der Waals surface area (Å²) in [5.41, 5.74) is 0. The molecule has 0 aliphatic heterocycles. The normalized spacial score (nSPS) is 11.4. The molecular formula is C19H34N2O6S2Si. The lowest BCUT2D eigenvalue weighted by atomic mass is 10.4. The molecule has 172 valence electrons. The van der Waals surface area contributed by atoms with E-state index in [9.17, 15) is 13.0 Å². The zero-order chi connectivity index (χ0) is 21.8. The molecule has 0 aliphatic carbocycles. The van der Waals surface area contributed by atoms with Crippen molar-refractivity contribution in [1.29, 1.82) is 0 Å². The summed E-state index contributed by atoms with van der Waals surface area (Å²) in [5.74, 6) is 2.23. The zero-order valence-electron chi connectivity index (χ0n) is 17.3. The van der Waals surface area contributed by atoms with Crippen LogP contribution in [0.25, 0.3) is 0 Å². The third kappa shape index (κ3) is 10.7. The molecule has 2 aromatic rings. The van der Waals surface area contributed by atoms with Crippen LogP contribution >= 0.6 is 11.8 Å². The smallest absolute Gasteiger partial charge is 0.500 e. The van der Waals surface area contributed by atoms with Crippen LogP contribution in [0.5, 0.6) is 0 Å². The van der Waals surface area contributed by atoms with Crippen molar-refractivity contribution in [1.82, 2.24) is 4.57 Å². The maximum absolute atomic E-state index is 10.3. The summed E-state index contributed by atoms with van der Waals surface area (Å²) < 4.78 is 51.3. The van der Waals surface area contributed by atoms with Crippen molar-refractivity contribution in [2.75, 3.05) is 32.8 Å². The molecule has 8 nitrogen and oxygen atoms in total. The van der Waals surface area contributed by atoms with Crippen molar-refractivity contribution in [3.8, 4) is 0 Å². The maximum Gasteiger partial charge on any atom is 0.500 e. The SMILES string of the molecule is C.CO[Si](CCCSCCn1cc[n+](C)c1)(OC)OC.O=S(=O)([O-])c1ccccc1. The van der Waals surface area contributed by atoms with Gasteiger partial charge in [-0.25, -0.2) is 17.6 Å². The number of aromatic nitrogens is 2. The first-order valence-electron chi connectivity index (χ1n) is 9.01. The minimum Gasteiger partial charge on any atom is -0.744 e. The van der Waals surface area contributed by atoms with Crippen LogP contribution in [0.15, 0.2) is 53.9 Å². The highest BCUT2D eigenvalue weighted by Gasteiger charge is 2.36. The number of rotatable bonds is 11. The van der Waals surface area contributed by atoms with E-state index in [4.69, 9.17) is 13.3 Å². The number of imidazole rings is 1. The average Bonchev–Trinajstić information content (AvgIpc) is 3.14. The van der Waals surface area contributed by atoms with Gasteiger partial charge in [0.15, 0.2) is 0 Å². The van der Waals surface area contributed by atoms with E-state index in [2.05, 4.69) is 27.9 Å². The molecular weight excluding hydrogens is 444 g/mol. The van der Waals surface area contributed by atoms with Gasteiger partial charge in [0.05, 0.1) is 18.5 Å². The molecule has 1 heterocycles. The molecule has 0 saturated carbocycles. The first-order valence-corrected chi connectivity index (χ1v) is 13.5. The average molecular weight is 479 g/mol. The molecule has 2 rings (SSSR count). The second-order valence-corrected chi connectivity index (χ2v) is 11.8. The molecule has 0 N–H and O–H groups in total. The number of hydrogen-bond donors (Lipinski definition) is 0. The first kappa shape index (κ1) is 28.8. The molecule has 0 spiro atoms. The van der Waals surface area contributed by atoms with Crippen LogP contribution in [-0.4, -0.2) is 59.2 Å². The summed E-state index contributed by atoms with van der Waals surface area (Å²) in [7, 11) is 0.418. The molecule has 30 heavy (non-hydrogen) atoms. The van der Waals surface area contributed by atoms with Crippen LogP contribution in [0.3, 0.4) is 0 Å². The van der Waals surface area contributed by atoms with E-state index in [0.29, 0.717) is 0 Å². The topological polar surface area (TPSA) is 93.7 Å². The van der Waals surface area contributed by atoms with Crippen LogP contribution < -0.4 is 4.57 Å². The first-order chi connectivity index (χ1) is 13.8. The summed E-state index contributed by atoms with van der Waals surface area (Å²) in [6, 6.07) is 8.07.